The molecular formula is C18H17N3O3S2. The number of hydrogen-bond donors (Lipinski definition) is 0. The smallest absolute Gasteiger partial charge is 0.256 e. The topological polar surface area (TPSA) is 70.6 Å². The van der Waals surface area contributed by atoms with Gasteiger partial charge >= 0.3 is 0 Å². The average molecular weight is 387 g/mol. The zero-order valence-corrected chi connectivity index (χ0v) is 15.5. The summed E-state index contributed by atoms with van der Waals surface area (Å²) >= 11 is 1.21. The van der Waals surface area contributed by atoms with Crippen LogP contribution in [0.3, 0.4) is 0 Å². The van der Waals surface area contributed by atoms with Crippen LogP contribution in [-0.2, 0) is 10.0 Å². The molecule has 26 heavy (non-hydrogen) atoms. The molecule has 1 saturated heterocycles. The van der Waals surface area contributed by atoms with E-state index < -0.39 is 10.0 Å². The molecule has 0 unspecified atom stereocenters. The van der Waals surface area contributed by atoms with Gasteiger partial charge in [0.2, 0.25) is 0 Å². The van der Waals surface area contributed by atoms with Gasteiger partial charge in [-0.2, -0.15) is 4.31 Å². The maximum absolute atomic E-state index is 12.9. The minimum absolute atomic E-state index is 0.109. The first kappa shape index (κ1) is 17.1. The van der Waals surface area contributed by atoms with Gasteiger partial charge in [-0.15, -0.1) is 11.3 Å². The Labute approximate surface area is 155 Å². The summed E-state index contributed by atoms with van der Waals surface area (Å²) in [7, 11) is -3.47. The standard InChI is InChI=1S/C18H17N3O3S2/c22-18(15-6-1-4-14-5-2-8-19-17(14)15)20-9-11-21(12-10-20)26(23,24)16-7-3-13-25-16/h1-8,13H,9-12H2. The highest BCUT2D eigenvalue weighted by Crippen LogP contribution is 2.23. The summed E-state index contributed by atoms with van der Waals surface area (Å²) in [5.74, 6) is -0.109. The van der Waals surface area contributed by atoms with Crippen LogP contribution in [0.4, 0.5) is 0 Å². The number of thiophene rings is 1. The molecule has 1 fully saturated rings. The predicted molar refractivity (Wildman–Crippen MR) is 101 cm³/mol. The summed E-state index contributed by atoms with van der Waals surface area (Å²) in [4.78, 5) is 18.9. The lowest BCUT2D eigenvalue weighted by Crippen LogP contribution is -2.50. The summed E-state index contributed by atoms with van der Waals surface area (Å²) in [5, 5.41) is 2.66. The maximum atomic E-state index is 12.9. The quantitative estimate of drug-likeness (QED) is 0.692. The molecule has 134 valence electrons. The number of sulfonamides is 1. The largest absolute Gasteiger partial charge is 0.336 e. The van der Waals surface area contributed by atoms with Crippen molar-refractivity contribution >= 4 is 38.2 Å². The highest BCUT2D eigenvalue weighted by molar-refractivity contribution is 7.91. The number of rotatable bonds is 3. The molecular weight excluding hydrogens is 370 g/mol. The second-order valence-corrected chi connectivity index (χ2v) is 9.12. The number of hydrogen-bond acceptors (Lipinski definition) is 5. The van der Waals surface area contributed by atoms with E-state index in [1.165, 1.54) is 15.6 Å². The van der Waals surface area contributed by atoms with Crippen LogP contribution in [0.2, 0.25) is 0 Å². The van der Waals surface area contributed by atoms with Crippen LogP contribution in [-0.4, -0.2) is 54.7 Å². The van der Waals surface area contributed by atoms with Crippen LogP contribution in [0.1, 0.15) is 10.4 Å². The first-order chi connectivity index (χ1) is 12.6. The van der Waals surface area contributed by atoms with Gasteiger partial charge in [0.1, 0.15) is 4.21 Å². The molecule has 0 atom stereocenters. The Bertz CT molecular complexity index is 1040. The number of carbonyl (C=O) groups is 1. The van der Waals surface area contributed by atoms with Crippen LogP contribution >= 0.6 is 11.3 Å². The molecule has 0 saturated carbocycles. The SMILES string of the molecule is O=C(c1cccc2cccnc12)N1CCN(S(=O)(=O)c2cccs2)CC1. The first-order valence-corrected chi connectivity index (χ1v) is 10.6. The molecule has 1 aliphatic rings. The lowest BCUT2D eigenvalue weighted by atomic mass is 10.1. The van der Waals surface area contributed by atoms with E-state index in [1.807, 2.05) is 24.3 Å². The van der Waals surface area contributed by atoms with E-state index in [4.69, 9.17) is 0 Å². The van der Waals surface area contributed by atoms with Crippen LogP contribution in [0.25, 0.3) is 10.9 Å². The van der Waals surface area contributed by atoms with Crippen molar-refractivity contribution in [3.63, 3.8) is 0 Å². The van der Waals surface area contributed by atoms with E-state index >= 15 is 0 Å². The van der Waals surface area contributed by atoms with Gasteiger partial charge in [0.25, 0.3) is 15.9 Å². The Hall–Kier alpha value is -2.29. The molecule has 0 radical (unpaired) electrons. The summed E-state index contributed by atoms with van der Waals surface area (Å²) in [6.45, 7) is 1.33. The van der Waals surface area contributed by atoms with E-state index in [9.17, 15) is 13.2 Å². The van der Waals surface area contributed by atoms with Crippen molar-refractivity contribution in [2.24, 2.45) is 0 Å². The number of piperazine rings is 1. The molecule has 3 aromatic rings. The fourth-order valence-corrected chi connectivity index (χ4v) is 5.68. The molecule has 4 rings (SSSR count). The highest BCUT2D eigenvalue weighted by atomic mass is 32.2. The molecule has 0 aliphatic carbocycles. The van der Waals surface area contributed by atoms with Gasteiger partial charge in [-0.25, -0.2) is 8.42 Å². The number of para-hydroxylation sites is 1. The second-order valence-electron chi connectivity index (χ2n) is 6.01. The summed E-state index contributed by atoms with van der Waals surface area (Å²) in [6, 6.07) is 12.6. The third-order valence-electron chi connectivity index (χ3n) is 4.48. The minimum atomic E-state index is -3.47. The Kier molecular flexibility index (Phi) is 4.47. The lowest BCUT2D eigenvalue weighted by molar-refractivity contribution is 0.0700. The van der Waals surface area contributed by atoms with Crippen LogP contribution in [0, 0.1) is 0 Å². The third-order valence-corrected chi connectivity index (χ3v) is 7.75. The molecule has 8 heteroatoms. The number of benzene rings is 1. The van der Waals surface area contributed by atoms with Gasteiger partial charge in [-0.3, -0.25) is 9.78 Å². The summed E-state index contributed by atoms with van der Waals surface area (Å²) < 4.78 is 27.0. The zero-order chi connectivity index (χ0) is 18.1. The van der Waals surface area contributed by atoms with Crippen molar-refractivity contribution in [1.29, 1.82) is 0 Å². The van der Waals surface area contributed by atoms with Crippen LogP contribution < -0.4 is 0 Å². The predicted octanol–water partition coefficient (Wildman–Crippen LogP) is 2.44. The van der Waals surface area contributed by atoms with Crippen molar-refractivity contribution in [3.8, 4) is 0 Å². The van der Waals surface area contributed by atoms with Crippen molar-refractivity contribution in [3.05, 3.63) is 59.6 Å². The molecule has 6 nitrogen and oxygen atoms in total. The fourth-order valence-electron chi connectivity index (χ4n) is 3.12. The van der Waals surface area contributed by atoms with Crippen molar-refractivity contribution < 1.29 is 13.2 Å². The molecule has 1 aliphatic heterocycles. The second kappa shape index (κ2) is 6.79. The summed E-state index contributed by atoms with van der Waals surface area (Å²) in [5.41, 5.74) is 1.23. The van der Waals surface area contributed by atoms with Crippen LogP contribution in [0.15, 0.2) is 58.3 Å². The zero-order valence-electron chi connectivity index (χ0n) is 13.9. The van der Waals surface area contributed by atoms with E-state index in [0.717, 1.165) is 5.39 Å². The van der Waals surface area contributed by atoms with Gasteiger partial charge < -0.3 is 4.90 Å². The van der Waals surface area contributed by atoms with Gasteiger partial charge in [0.15, 0.2) is 0 Å². The fraction of sp³-hybridized carbons (Fsp3) is 0.222. The number of fused-ring (bicyclic) bond motifs is 1. The molecule has 1 aromatic carbocycles. The number of nitrogens with zero attached hydrogens (tertiary/aromatic N) is 3. The van der Waals surface area contributed by atoms with Gasteiger partial charge in [0, 0.05) is 37.8 Å². The molecule has 0 bridgehead atoms. The Balaban J connectivity index is 1.52. The molecule has 0 spiro atoms. The number of carbonyl (C=O) groups excluding carboxylic acids is 1. The minimum Gasteiger partial charge on any atom is -0.336 e. The van der Waals surface area contributed by atoms with Gasteiger partial charge in [-0.1, -0.05) is 24.3 Å². The molecule has 0 N–H and O–H groups in total. The highest BCUT2D eigenvalue weighted by Gasteiger charge is 2.31. The Morgan fingerprint density at radius 1 is 1.00 bits per heavy atom. The van der Waals surface area contributed by atoms with Gasteiger partial charge in [-0.05, 0) is 23.6 Å². The Morgan fingerprint density at radius 3 is 2.50 bits per heavy atom. The van der Waals surface area contributed by atoms with Crippen LogP contribution in [0.5, 0.6) is 0 Å². The molecule has 2 aromatic heterocycles. The van der Waals surface area contributed by atoms with E-state index in [2.05, 4.69) is 4.98 Å². The number of amides is 1. The average Bonchev–Trinajstić information content (AvgIpc) is 3.23. The number of aromatic nitrogens is 1. The van der Waals surface area contributed by atoms with Gasteiger partial charge in [0.05, 0.1) is 11.1 Å². The maximum Gasteiger partial charge on any atom is 0.256 e. The van der Waals surface area contributed by atoms with E-state index in [1.54, 1.807) is 34.7 Å². The van der Waals surface area contributed by atoms with Crippen molar-refractivity contribution in [2.45, 2.75) is 4.21 Å². The lowest BCUT2D eigenvalue weighted by Gasteiger charge is -2.33. The molecule has 1 amide bonds. The number of pyridine rings is 1. The normalized spacial score (nSPS) is 16.1. The van der Waals surface area contributed by atoms with Crippen molar-refractivity contribution in [1.82, 2.24) is 14.2 Å². The van der Waals surface area contributed by atoms with E-state index in [0.29, 0.717) is 41.5 Å². The summed E-state index contributed by atoms with van der Waals surface area (Å²) in [6.07, 6.45) is 1.67. The van der Waals surface area contributed by atoms with Crippen molar-refractivity contribution in [2.75, 3.05) is 26.2 Å². The first-order valence-electron chi connectivity index (χ1n) is 8.24. The van der Waals surface area contributed by atoms with E-state index in [-0.39, 0.29) is 5.91 Å². The Morgan fingerprint density at radius 2 is 1.77 bits per heavy atom. The molecule has 3 heterocycles. The third kappa shape index (κ3) is 3.00. The monoisotopic (exact) mass is 387 g/mol.